The molecule has 37 heavy (non-hydrogen) atoms. The van der Waals surface area contributed by atoms with Crippen LogP contribution in [0.5, 0.6) is 0 Å². The van der Waals surface area contributed by atoms with Gasteiger partial charge in [0.25, 0.3) is 11.5 Å². The van der Waals surface area contributed by atoms with Crippen LogP contribution in [-0.4, -0.2) is 38.1 Å². The second kappa shape index (κ2) is 10.4. The first kappa shape index (κ1) is 26.5. The van der Waals surface area contributed by atoms with Crippen LogP contribution < -0.4 is 10.5 Å². The molecule has 0 atom stereocenters. The minimum Gasteiger partial charge on any atom is -0.354 e. The van der Waals surface area contributed by atoms with Gasteiger partial charge in [-0.2, -0.15) is 15.0 Å². The minimum absolute atomic E-state index is 0.0921. The molecule has 190 valence electrons. The smallest absolute Gasteiger partial charge is 0.254 e. The van der Waals surface area contributed by atoms with Crippen molar-refractivity contribution in [1.29, 1.82) is 5.26 Å². The SMILES string of the molecule is CN(Cc1ccc(Cl)s1)c1cc(-c2cn(CC(=O)c3cscn3)c(=O)cc2C#N)nn1C(=O)C(C)(C)C. The molecule has 0 unspecified atom stereocenters. The Morgan fingerprint density at radius 2 is 2.00 bits per heavy atom. The van der Waals surface area contributed by atoms with E-state index in [1.807, 2.05) is 30.1 Å². The highest BCUT2D eigenvalue weighted by Crippen LogP contribution is 2.31. The van der Waals surface area contributed by atoms with Crippen LogP contribution >= 0.6 is 34.3 Å². The summed E-state index contributed by atoms with van der Waals surface area (Å²) in [5.41, 5.74) is 1.33. The van der Waals surface area contributed by atoms with E-state index < -0.39 is 11.0 Å². The van der Waals surface area contributed by atoms with Crippen LogP contribution in [0, 0.1) is 16.7 Å². The van der Waals surface area contributed by atoms with Gasteiger partial charge in [-0.25, -0.2) is 4.98 Å². The molecule has 0 fully saturated rings. The van der Waals surface area contributed by atoms with Crippen molar-refractivity contribution in [3.63, 3.8) is 0 Å². The number of Topliss-reactive ketones (excluding diaryl/α,β-unsaturated/α-hetero) is 1. The summed E-state index contributed by atoms with van der Waals surface area (Å²) in [5, 5.41) is 15.9. The maximum absolute atomic E-state index is 13.3. The number of hydrogen-bond acceptors (Lipinski definition) is 9. The maximum Gasteiger partial charge on any atom is 0.254 e. The van der Waals surface area contributed by atoms with Crippen LogP contribution in [0.4, 0.5) is 5.82 Å². The van der Waals surface area contributed by atoms with Gasteiger partial charge in [-0.15, -0.1) is 22.7 Å². The summed E-state index contributed by atoms with van der Waals surface area (Å²) in [5.74, 6) is -0.0579. The van der Waals surface area contributed by atoms with Crippen molar-refractivity contribution in [2.75, 3.05) is 11.9 Å². The third kappa shape index (κ3) is 5.72. The quantitative estimate of drug-likeness (QED) is 0.296. The molecule has 0 aliphatic heterocycles. The average Bonchev–Trinajstić information content (AvgIpc) is 3.60. The summed E-state index contributed by atoms with van der Waals surface area (Å²) in [6.45, 7) is 5.63. The summed E-state index contributed by atoms with van der Waals surface area (Å²) in [6, 6.07) is 8.64. The fraction of sp³-hybridized carbons (Fsp3) is 0.280. The molecule has 0 saturated heterocycles. The van der Waals surface area contributed by atoms with E-state index in [4.69, 9.17) is 11.6 Å². The number of halogens is 1. The Balaban J connectivity index is 1.79. The number of carbonyl (C=O) groups excluding carboxylic acids is 2. The highest BCUT2D eigenvalue weighted by molar-refractivity contribution is 7.16. The number of ketones is 1. The maximum atomic E-state index is 13.3. The molecule has 4 rings (SSSR count). The summed E-state index contributed by atoms with van der Waals surface area (Å²) < 4.78 is 3.21. The molecular weight excluding hydrogens is 532 g/mol. The molecule has 0 aliphatic rings. The van der Waals surface area contributed by atoms with Gasteiger partial charge in [-0.3, -0.25) is 14.4 Å². The molecular formula is C25H23ClN6O3S2. The third-order valence-electron chi connectivity index (χ3n) is 5.49. The number of hydrogen-bond donors (Lipinski definition) is 0. The fourth-order valence-corrected chi connectivity index (χ4v) is 5.27. The molecule has 0 N–H and O–H groups in total. The zero-order chi connectivity index (χ0) is 26.9. The summed E-state index contributed by atoms with van der Waals surface area (Å²) in [6.07, 6.45) is 1.43. The predicted molar refractivity (Wildman–Crippen MR) is 145 cm³/mol. The van der Waals surface area contributed by atoms with Crippen molar-refractivity contribution >= 4 is 51.8 Å². The van der Waals surface area contributed by atoms with E-state index in [9.17, 15) is 19.6 Å². The van der Waals surface area contributed by atoms with E-state index in [0.29, 0.717) is 28.0 Å². The number of thiophene rings is 1. The minimum atomic E-state index is -0.734. The number of aromatic nitrogens is 4. The normalized spacial score (nSPS) is 11.4. The van der Waals surface area contributed by atoms with E-state index in [-0.39, 0.29) is 29.5 Å². The molecule has 9 nitrogen and oxygen atoms in total. The second-order valence-corrected chi connectivity index (χ2v) is 11.9. The van der Waals surface area contributed by atoms with Crippen LogP contribution in [0.3, 0.4) is 0 Å². The molecule has 4 aromatic rings. The Morgan fingerprint density at radius 1 is 1.24 bits per heavy atom. The molecule has 4 heterocycles. The van der Waals surface area contributed by atoms with Crippen LogP contribution in [0.1, 0.15) is 46.5 Å². The Morgan fingerprint density at radius 3 is 2.59 bits per heavy atom. The Hall–Kier alpha value is -3.59. The van der Waals surface area contributed by atoms with Gasteiger partial charge in [0.1, 0.15) is 17.6 Å². The Kier molecular flexibility index (Phi) is 7.45. The Bertz CT molecular complexity index is 1570. The summed E-state index contributed by atoms with van der Waals surface area (Å²) in [7, 11) is 1.83. The highest BCUT2D eigenvalue weighted by atomic mass is 35.5. The highest BCUT2D eigenvalue weighted by Gasteiger charge is 2.29. The van der Waals surface area contributed by atoms with Crippen molar-refractivity contribution < 1.29 is 9.59 Å². The summed E-state index contributed by atoms with van der Waals surface area (Å²) >= 11 is 8.81. The van der Waals surface area contributed by atoms with Crippen molar-refractivity contribution in [2.24, 2.45) is 5.41 Å². The zero-order valence-corrected chi connectivity index (χ0v) is 22.9. The van der Waals surface area contributed by atoms with Gasteiger partial charge in [-0.1, -0.05) is 32.4 Å². The van der Waals surface area contributed by atoms with Crippen LogP contribution in [0.2, 0.25) is 4.34 Å². The van der Waals surface area contributed by atoms with Crippen molar-refractivity contribution in [2.45, 2.75) is 33.9 Å². The molecule has 0 bridgehead atoms. The molecule has 0 amide bonds. The van der Waals surface area contributed by atoms with Gasteiger partial charge < -0.3 is 9.47 Å². The lowest BCUT2D eigenvalue weighted by Crippen LogP contribution is -2.31. The van der Waals surface area contributed by atoms with Crippen LogP contribution in [0.15, 0.2) is 46.1 Å². The molecule has 4 aromatic heterocycles. The van der Waals surface area contributed by atoms with E-state index in [2.05, 4.69) is 10.1 Å². The first-order valence-corrected chi connectivity index (χ1v) is 13.3. The number of thiazole rings is 1. The predicted octanol–water partition coefficient (Wildman–Crippen LogP) is 4.96. The topological polar surface area (TPSA) is 114 Å². The van der Waals surface area contributed by atoms with Crippen molar-refractivity contribution in [3.8, 4) is 17.3 Å². The molecule has 0 saturated carbocycles. The van der Waals surface area contributed by atoms with Crippen molar-refractivity contribution in [3.05, 3.63) is 72.2 Å². The van der Waals surface area contributed by atoms with Gasteiger partial charge in [0.2, 0.25) is 5.78 Å². The standard InChI is InChI=1S/C25H23ClN6O3S2/c1-25(2,3)24(35)32-22(30(4)10-16-5-6-21(26)37-16)8-18(29-32)17-11-31(23(34)7-15(17)9-27)12-20(33)19-13-36-14-28-19/h5-8,11,13-14H,10,12H2,1-4H3. The average molecular weight is 555 g/mol. The largest absolute Gasteiger partial charge is 0.354 e. The van der Waals surface area contributed by atoms with Gasteiger partial charge in [-0.05, 0) is 12.1 Å². The molecule has 0 radical (unpaired) electrons. The zero-order valence-electron chi connectivity index (χ0n) is 20.6. The van der Waals surface area contributed by atoms with Crippen molar-refractivity contribution in [1.82, 2.24) is 19.3 Å². The third-order valence-corrected chi connectivity index (χ3v) is 7.29. The number of nitrogens with zero attached hydrogens (tertiary/aromatic N) is 6. The van der Waals surface area contributed by atoms with Gasteiger partial charge in [0.05, 0.1) is 34.2 Å². The molecule has 0 aromatic carbocycles. The first-order chi connectivity index (χ1) is 17.5. The monoisotopic (exact) mass is 554 g/mol. The number of rotatable bonds is 7. The number of pyridine rings is 1. The number of nitriles is 1. The molecule has 0 spiro atoms. The van der Waals surface area contributed by atoms with E-state index in [0.717, 1.165) is 4.88 Å². The van der Waals surface area contributed by atoms with Crippen LogP contribution in [0.25, 0.3) is 11.3 Å². The second-order valence-electron chi connectivity index (χ2n) is 9.39. The molecule has 0 aliphatic carbocycles. The fourth-order valence-electron chi connectivity index (χ4n) is 3.57. The van der Waals surface area contributed by atoms with Gasteiger partial charge >= 0.3 is 0 Å². The lowest BCUT2D eigenvalue weighted by atomic mass is 9.96. The first-order valence-electron chi connectivity index (χ1n) is 11.1. The van der Waals surface area contributed by atoms with E-state index in [1.165, 1.54) is 44.2 Å². The lowest BCUT2D eigenvalue weighted by molar-refractivity contribution is 0.0751. The van der Waals surface area contributed by atoms with Gasteiger partial charge in [0.15, 0.2) is 0 Å². The van der Waals surface area contributed by atoms with E-state index in [1.54, 1.807) is 37.7 Å². The van der Waals surface area contributed by atoms with Crippen LogP contribution in [-0.2, 0) is 13.1 Å². The molecule has 12 heteroatoms. The number of anilines is 1. The lowest BCUT2D eigenvalue weighted by Gasteiger charge is -2.22. The van der Waals surface area contributed by atoms with E-state index >= 15 is 0 Å². The van der Waals surface area contributed by atoms with Gasteiger partial charge in [0, 0.05) is 46.6 Å². The number of carbonyl (C=O) groups is 2. The Labute approximate surface area is 226 Å². The summed E-state index contributed by atoms with van der Waals surface area (Å²) in [4.78, 5) is 45.5.